The standard InChI is InChI=1S/C26H31N3O2/c1-3-6-19(2)27-23-10-9-21-12-14-29(26(31)25(21)15-23)18-24(30)17-28-13-11-20-7-4-5-8-22(20)16-28/h3-10,15,24,27,30H,2,11-14,16-18H2,1H3/b6-3-. The first-order chi connectivity index (χ1) is 15.0. The quantitative estimate of drug-likeness (QED) is 0.676. The molecule has 0 saturated carbocycles. The number of amides is 1. The Hall–Kier alpha value is -2.89. The Labute approximate surface area is 184 Å². The number of nitrogens with one attached hydrogen (secondary N) is 1. The number of anilines is 1. The summed E-state index contributed by atoms with van der Waals surface area (Å²) in [6, 6.07) is 14.4. The fourth-order valence-corrected chi connectivity index (χ4v) is 4.52. The van der Waals surface area contributed by atoms with Gasteiger partial charge in [0.2, 0.25) is 0 Å². The Balaban J connectivity index is 1.37. The zero-order valence-electron chi connectivity index (χ0n) is 18.2. The lowest BCUT2D eigenvalue weighted by Crippen LogP contribution is -2.46. The summed E-state index contributed by atoms with van der Waals surface area (Å²) >= 11 is 0. The van der Waals surface area contributed by atoms with E-state index in [-0.39, 0.29) is 5.91 Å². The third-order valence-electron chi connectivity index (χ3n) is 6.06. The van der Waals surface area contributed by atoms with Gasteiger partial charge in [-0.3, -0.25) is 9.69 Å². The molecular weight excluding hydrogens is 386 g/mol. The summed E-state index contributed by atoms with van der Waals surface area (Å²) in [7, 11) is 0. The first-order valence-corrected chi connectivity index (χ1v) is 11.0. The summed E-state index contributed by atoms with van der Waals surface area (Å²) in [5.41, 5.74) is 6.14. The number of fused-ring (bicyclic) bond motifs is 2. The van der Waals surface area contributed by atoms with Gasteiger partial charge in [0.15, 0.2) is 0 Å². The van der Waals surface area contributed by atoms with Crippen molar-refractivity contribution < 1.29 is 9.90 Å². The van der Waals surface area contributed by atoms with Gasteiger partial charge in [-0.1, -0.05) is 43.0 Å². The van der Waals surface area contributed by atoms with Gasteiger partial charge in [-0.2, -0.15) is 0 Å². The monoisotopic (exact) mass is 417 g/mol. The average molecular weight is 418 g/mol. The van der Waals surface area contributed by atoms with Crippen molar-refractivity contribution in [3.05, 3.63) is 89.1 Å². The molecule has 0 aromatic heterocycles. The van der Waals surface area contributed by atoms with E-state index in [1.54, 1.807) is 4.90 Å². The maximum absolute atomic E-state index is 13.1. The molecule has 1 atom stereocenters. The highest BCUT2D eigenvalue weighted by molar-refractivity contribution is 5.97. The van der Waals surface area contributed by atoms with Crippen LogP contribution >= 0.6 is 0 Å². The van der Waals surface area contributed by atoms with Crippen molar-refractivity contribution in [3.63, 3.8) is 0 Å². The van der Waals surface area contributed by atoms with E-state index in [2.05, 4.69) is 41.1 Å². The van der Waals surface area contributed by atoms with Gasteiger partial charge in [0.05, 0.1) is 6.10 Å². The van der Waals surface area contributed by atoms with E-state index in [1.807, 2.05) is 37.3 Å². The number of carbonyl (C=O) groups is 1. The molecule has 5 nitrogen and oxygen atoms in total. The van der Waals surface area contributed by atoms with Gasteiger partial charge in [0.25, 0.3) is 5.91 Å². The second kappa shape index (κ2) is 9.50. The summed E-state index contributed by atoms with van der Waals surface area (Å²) in [6.45, 7) is 9.28. The van der Waals surface area contributed by atoms with Crippen molar-refractivity contribution in [2.75, 3.05) is 31.5 Å². The predicted molar refractivity (Wildman–Crippen MR) is 125 cm³/mol. The average Bonchev–Trinajstić information content (AvgIpc) is 2.76. The van der Waals surface area contributed by atoms with Gasteiger partial charge < -0.3 is 15.3 Å². The summed E-state index contributed by atoms with van der Waals surface area (Å²) < 4.78 is 0. The molecule has 2 aromatic rings. The van der Waals surface area contributed by atoms with E-state index in [9.17, 15) is 9.90 Å². The van der Waals surface area contributed by atoms with Crippen molar-refractivity contribution in [2.45, 2.75) is 32.4 Å². The lowest BCUT2D eigenvalue weighted by molar-refractivity contribution is 0.0493. The summed E-state index contributed by atoms with van der Waals surface area (Å²) in [5.74, 6) is -0.00964. The number of nitrogens with zero attached hydrogens (tertiary/aromatic N) is 2. The van der Waals surface area contributed by atoms with Crippen LogP contribution in [0.4, 0.5) is 5.69 Å². The molecule has 2 aliphatic rings. The first-order valence-electron chi connectivity index (χ1n) is 11.0. The molecule has 31 heavy (non-hydrogen) atoms. The van der Waals surface area contributed by atoms with Crippen molar-refractivity contribution in [2.24, 2.45) is 0 Å². The fraction of sp³-hybridized carbons (Fsp3) is 0.346. The minimum atomic E-state index is -0.563. The van der Waals surface area contributed by atoms with Crippen LogP contribution < -0.4 is 5.32 Å². The van der Waals surface area contributed by atoms with Crippen molar-refractivity contribution in [3.8, 4) is 0 Å². The van der Waals surface area contributed by atoms with Gasteiger partial charge in [0, 0.05) is 49.7 Å². The largest absolute Gasteiger partial charge is 0.390 e. The number of aliphatic hydroxyl groups is 1. The maximum Gasteiger partial charge on any atom is 0.254 e. The van der Waals surface area contributed by atoms with E-state index in [0.29, 0.717) is 25.2 Å². The van der Waals surface area contributed by atoms with Crippen molar-refractivity contribution in [1.29, 1.82) is 0 Å². The molecule has 2 aromatic carbocycles. The van der Waals surface area contributed by atoms with E-state index >= 15 is 0 Å². The summed E-state index contributed by atoms with van der Waals surface area (Å²) in [6.07, 6.45) is 5.06. The topological polar surface area (TPSA) is 55.8 Å². The Kier molecular flexibility index (Phi) is 6.54. The van der Waals surface area contributed by atoms with Crippen LogP contribution in [0, 0.1) is 0 Å². The van der Waals surface area contributed by atoms with Crippen LogP contribution in [0.5, 0.6) is 0 Å². The number of aliphatic hydroxyl groups excluding tert-OH is 1. The Morgan fingerprint density at radius 3 is 2.71 bits per heavy atom. The molecule has 0 aliphatic carbocycles. The normalized spacial score (nSPS) is 17.4. The van der Waals surface area contributed by atoms with Crippen LogP contribution in [0.15, 0.2) is 66.9 Å². The van der Waals surface area contributed by atoms with Crippen LogP contribution in [0.3, 0.4) is 0 Å². The molecule has 0 saturated heterocycles. The third-order valence-corrected chi connectivity index (χ3v) is 6.06. The van der Waals surface area contributed by atoms with E-state index < -0.39 is 6.10 Å². The van der Waals surface area contributed by atoms with Gasteiger partial charge in [-0.15, -0.1) is 0 Å². The molecule has 4 rings (SSSR count). The molecule has 2 aliphatic heterocycles. The zero-order valence-corrected chi connectivity index (χ0v) is 18.2. The molecule has 0 fully saturated rings. The smallest absolute Gasteiger partial charge is 0.254 e. The van der Waals surface area contributed by atoms with Crippen LogP contribution in [-0.4, -0.2) is 53.1 Å². The molecule has 1 unspecified atom stereocenters. The molecule has 0 spiro atoms. The van der Waals surface area contributed by atoms with E-state index in [0.717, 1.165) is 42.9 Å². The molecule has 0 bridgehead atoms. The predicted octanol–water partition coefficient (Wildman–Crippen LogP) is 3.61. The lowest BCUT2D eigenvalue weighted by Gasteiger charge is -2.34. The summed E-state index contributed by atoms with van der Waals surface area (Å²) in [5, 5.41) is 14.0. The number of hydrogen-bond donors (Lipinski definition) is 2. The van der Waals surface area contributed by atoms with E-state index in [4.69, 9.17) is 0 Å². The van der Waals surface area contributed by atoms with Gasteiger partial charge >= 0.3 is 0 Å². The number of carbonyl (C=O) groups excluding carboxylic acids is 1. The maximum atomic E-state index is 13.1. The Morgan fingerprint density at radius 2 is 1.90 bits per heavy atom. The minimum absolute atomic E-state index is 0.00964. The van der Waals surface area contributed by atoms with Crippen molar-refractivity contribution in [1.82, 2.24) is 9.80 Å². The molecule has 1 amide bonds. The Morgan fingerprint density at radius 1 is 1.13 bits per heavy atom. The molecule has 5 heteroatoms. The second-order valence-electron chi connectivity index (χ2n) is 8.43. The minimum Gasteiger partial charge on any atom is -0.390 e. The molecular formula is C26H31N3O2. The van der Waals surface area contributed by atoms with Crippen LogP contribution in [0.2, 0.25) is 0 Å². The number of allylic oxidation sites excluding steroid dienone is 2. The SMILES string of the molecule is C=C(/C=C\C)Nc1ccc2c(c1)C(=O)N(CC(O)CN1CCc3ccccc3C1)CC2. The number of hydrogen-bond acceptors (Lipinski definition) is 4. The number of rotatable bonds is 7. The molecule has 162 valence electrons. The van der Waals surface area contributed by atoms with E-state index in [1.165, 1.54) is 11.1 Å². The van der Waals surface area contributed by atoms with Crippen LogP contribution in [0.1, 0.15) is 34.0 Å². The number of benzene rings is 2. The molecule has 0 radical (unpaired) electrons. The van der Waals surface area contributed by atoms with Gasteiger partial charge in [0.1, 0.15) is 0 Å². The summed E-state index contributed by atoms with van der Waals surface area (Å²) in [4.78, 5) is 17.2. The van der Waals surface area contributed by atoms with Gasteiger partial charge in [-0.25, -0.2) is 0 Å². The first kappa shape index (κ1) is 21.3. The number of β-amino-alcohol motifs (C(OH)–C–C–N with tert-alkyl or cyclic N) is 1. The van der Waals surface area contributed by atoms with Gasteiger partial charge in [-0.05, 0) is 54.7 Å². The second-order valence-corrected chi connectivity index (χ2v) is 8.43. The fourth-order valence-electron chi connectivity index (χ4n) is 4.52. The molecule has 2 N–H and O–H groups in total. The van der Waals surface area contributed by atoms with Crippen LogP contribution in [-0.2, 0) is 19.4 Å². The highest BCUT2D eigenvalue weighted by Crippen LogP contribution is 2.24. The van der Waals surface area contributed by atoms with Crippen molar-refractivity contribution >= 4 is 11.6 Å². The zero-order chi connectivity index (χ0) is 21.8. The molecule has 2 heterocycles. The van der Waals surface area contributed by atoms with Crippen LogP contribution in [0.25, 0.3) is 0 Å². The Bertz CT molecular complexity index is 998. The highest BCUT2D eigenvalue weighted by Gasteiger charge is 2.27. The third kappa shape index (κ3) is 5.06. The highest BCUT2D eigenvalue weighted by atomic mass is 16.3. The lowest BCUT2D eigenvalue weighted by atomic mass is 9.97.